The molecule has 1 aliphatic rings. The number of rotatable bonds is 5. The van der Waals surface area contributed by atoms with Gasteiger partial charge in [-0.15, -0.1) is 0 Å². The largest absolute Gasteiger partial charge is 0.495 e. The summed E-state index contributed by atoms with van der Waals surface area (Å²) < 4.78 is 32.4. The summed E-state index contributed by atoms with van der Waals surface area (Å²) in [5.74, 6) is 3.46. The summed E-state index contributed by atoms with van der Waals surface area (Å²) in [5, 5.41) is 0.323. The Kier molecular flexibility index (Phi) is 5.48. The zero-order valence-corrected chi connectivity index (χ0v) is 13.6. The molecule has 0 amide bonds. The topological polar surface area (TPSA) is 81.4 Å². The molecule has 1 atom stereocenters. The molecule has 1 aliphatic heterocycles. The monoisotopic (exact) mass is 334 g/mol. The van der Waals surface area contributed by atoms with Crippen LogP contribution in [0.1, 0.15) is 0 Å². The van der Waals surface area contributed by atoms with Crippen LogP contribution >= 0.6 is 23.5 Å². The molecule has 0 saturated carbocycles. The van der Waals surface area contributed by atoms with Gasteiger partial charge >= 0.3 is 0 Å². The van der Waals surface area contributed by atoms with Gasteiger partial charge in [0, 0.05) is 40.8 Å². The van der Waals surface area contributed by atoms with Gasteiger partial charge in [0.25, 0.3) is 0 Å². The quantitative estimate of drug-likeness (QED) is 0.792. The molecule has 0 aromatic heterocycles. The van der Waals surface area contributed by atoms with Crippen LogP contribution in [0.4, 0.5) is 5.69 Å². The van der Waals surface area contributed by atoms with E-state index >= 15 is 0 Å². The summed E-state index contributed by atoms with van der Waals surface area (Å²) in [4.78, 5) is 0.127. The van der Waals surface area contributed by atoms with E-state index in [0.29, 0.717) is 17.5 Å². The summed E-state index contributed by atoms with van der Waals surface area (Å²) in [6, 6.07) is 4.54. The summed E-state index contributed by atoms with van der Waals surface area (Å²) in [7, 11) is -2.14. The highest BCUT2D eigenvalue weighted by molar-refractivity contribution is 8.06. The number of ether oxygens (including phenoxy) is 1. The van der Waals surface area contributed by atoms with Gasteiger partial charge in [0.15, 0.2) is 0 Å². The van der Waals surface area contributed by atoms with Gasteiger partial charge < -0.3 is 10.5 Å². The number of sulfonamides is 1. The Hall–Kier alpha value is -0.570. The predicted octanol–water partition coefficient (Wildman–Crippen LogP) is 1.40. The van der Waals surface area contributed by atoms with Crippen molar-refractivity contribution in [2.24, 2.45) is 0 Å². The lowest BCUT2D eigenvalue weighted by molar-refractivity contribution is 0.402. The van der Waals surface area contributed by atoms with E-state index in [2.05, 4.69) is 4.72 Å². The molecule has 1 saturated heterocycles. The number of methoxy groups -OCH3 is 1. The van der Waals surface area contributed by atoms with Crippen LogP contribution in [-0.2, 0) is 10.0 Å². The Bertz CT molecular complexity index is 557. The van der Waals surface area contributed by atoms with Crippen LogP contribution < -0.4 is 15.2 Å². The average molecular weight is 334 g/mol. The molecule has 112 valence electrons. The molecule has 0 radical (unpaired) electrons. The number of anilines is 1. The second-order valence-corrected chi connectivity index (χ2v) is 8.62. The molecule has 5 nitrogen and oxygen atoms in total. The van der Waals surface area contributed by atoms with Crippen LogP contribution in [0, 0.1) is 0 Å². The molecule has 20 heavy (non-hydrogen) atoms. The second kappa shape index (κ2) is 6.93. The van der Waals surface area contributed by atoms with Crippen molar-refractivity contribution in [3.8, 4) is 5.75 Å². The average Bonchev–Trinajstić information content (AvgIpc) is 2.46. The predicted molar refractivity (Wildman–Crippen MR) is 86.2 cm³/mol. The minimum Gasteiger partial charge on any atom is -0.495 e. The van der Waals surface area contributed by atoms with Crippen LogP contribution in [-0.4, -0.2) is 44.6 Å². The number of benzene rings is 1. The van der Waals surface area contributed by atoms with E-state index in [9.17, 15) is 8.42 Å². The number of nitrogens with two attached hydrogens (primary N) is 1. The molecule has 1 unspecified atom stereocenters. The molecule has 1 aromatic carbocycles. The molecule has 1 aromatic rings. The second-order valence-electron chi connectivity index (χ2n) is 4.33. The Morgan fingerprint density at radius 2 is 2.25 bits per heavy atom. The van der Waals surface area contributed by atoms with Crippen LogP contribution in [0.15, 0.2) is 23.1 Å². The molecular weight excluding hydrogens is 316 g/mol. The SMILES string of the molecule is COc1cc(N)ccc1S(=O)(=O)NCC1CSCCS1. The van der Waals surface area contributed by atoms with Crippen molar-refractivity contribution >= 4 is 39.2 Å². The van der Waals surface area contributed by atoms with Gasteiger partial charge in [-0.05, 0) is 12.1 Å². The maximum absolute atomic E-state index is 12.3. The number of hydrogen-bond donors (Lipinski definition) is 2. The fraction of sp³-hybridized carbons (Fsp3) is 0.500. The number of nitrogens with one attached hydrogen (secondary N) is 1. The van der Waals surface area contributed by atoms with Crippen LogP contribution in [0.5, 0.6) is 5.75 Å². The first-order valence-electron chi connectivity index (χ1n) is 6.15. The van der Waals surface area contributed by atoms with Gasteiger partial charge in [-0.2, -0.15) is 23.5 Å². The third kappa shape index (κ3) is 3.97. The van der Waals surface area contributed by atoms with E-state index in [4.69, 9.17) is 10.5 Å². The fourth-order valence-electron chi connectivity index (χ4n) is 1.84. The van der Waals surface area contributed by atoms with Crippen molar-refractivity contribution in [1.82, 2.24) is 4.72 Å². The van der Waals surface area contributed by atoms with E-state index in [-0.39, 0.29) is 10.6 Å². The summed E-state index contributed by atoms with van der Waals surface area (Å²) in [5.41, 5.74) is 6.11. The van der Waals surface area contributed by atoms with Crippen molar-refractivity contribution in [3.05, 3.63) is 18.2 Å². The van der Waals surface area contributed by atoms with E-state index in [1.165, 1.54) is 19.2 Å². The van der Waals surface area contributed by atoms with Crippen LogP contribution in [0.2, 0.25) is 0 Å². The Morgan fingerprint density at radius 1 is 1.45 bits per heavy atom. The zero-order valence-electron chi connectivity index (χ0n) is 11.2. The Labute approximate surface area is 128 Å². The maximum Gasteiger partial charge on any atom is 0.244 e. The molecule has 0 aliphatic carbocycles. The van der Waals surface area contributed by atoms with Gasteiger partial charge in [0.05, 0.1) is 7.11 Å². The van der Waals surface area contributed by atoms with Gasteiger partial charge in [-0.3, -0.25) is 0 Å². The third-order valence-electron chi connectivity index (χ3n) is 2.86. The molecule has 0 bridgehead atoms. The standard InChI is InChI=1S/C12H18N2O3S3/c1-17-11-6-9(13)2-3-12(11)20(15,16)14-7-10-8-18-4-5-19-10/h2-3,6,10,14H,4-5,7-8,13H2,1H3. The number of thioether (sulfide) groups is 2. The van der Waals surface area contributed by atoms with Crippen molar-refractivity contribution in [1.29, 1.82) is 0 Å². The Morgan fingerprint density at radius 3 is 2.90 bits per heavy atom. The number of hydrogen-bond acceptors (Lipinski definition) is 6. The molecule has 0 spiro atoms. The normalized spacial score (nSPS) is 19.8. The lowest BCUT2D eigenvalue weighted by Gasteiger charge is -2.21. The zero-order chi connectivity index (χ0) is 14.6. The van der Waals surface area contributed by atoms with E-state index in [1.807, 2.05) is 23.5 Å². The lowest BCUT2D eigenvalue weighted by atomic mass is 10.3. The van der Waals surface area contributed by atoms with E-state index in [1.54, 1.807) is 6.07 Å². The molecule has 1 fully saturated rings. The first kappa shape index (κ1) is 15.8. The van der Waals surface area contributed by atoms with E-state index in [0.717, 1.165) is 17.3 Å². The highest BCUT2D eigenvalue weighted by Crippen LogP contribution is 2.27. The molecule has 3 N–H and O–H groups in total. The van der Waals surface area contributed by atoms with Crippen LogP contribution in [0.3, 0.4) is 0 Å². The summed E-state index contributed by atoms with van der Waals surface area (Å²) >= 11 is 3.67. The smallest absolute Gasteiger partial charge is 0.244 e. The first-order chi connectivity index (χ1) is 9.53. The minimum absolute atomic E-state index is 0.127. The Balaban J connectivity index is 2.09. The van der Waals surface area contributed by atoms with Gasteiger partial charge in [0.2, 0.25) is 10.0 Å². The summed E-state index contributed by atoms with van der Waals surface area (Å²) in [6.07, 6.45) is 0. The number of nitrogen functional groups attached to an aromatic ring is 1. The molecule has 1 heterocycles. The fourth-order valence-corrected chi connectivity index (χ4v) is 5.79. The van der Waals surface area contributed by atoms with Crippen molar-refractivity contribution < 1.29 is 13.2 Å². The highest BCUT2D eigenvalue weighted by Gasteiger charge is 2.22. The van der Waals surface area contributed by atoms with Crippen LogP contribution in [0.25, 0.3) is 0 Å². The van der Waals surface area contributed by atoms with Gasteiger partial charge in [-0.1, -0.05) is 0 Å². The van der Waals surface area contributed by atoms with Crippen molar-refractivity contribution in [2.45, 2.75) is 10.1 Å². The molecule has 2 rings (SSSR count). The van der Waals surface area contributed by atoms with E-state index < -0.39 is 10.0 Å². The highest BCUT2D eigenvalue weighted by atomic mass is 32.2. The molecular formula is C12H18N2O3S3. The minimum atomic E-state index is -3.57. The first-order valence-corrected chi connectivity index (χ1v) is 9.84. The molecule has 8 heteroatoms. The van der Waals surface area contributed by atoms with Crippen molar-refractivity contribution in [3.63, 3.8) is 0 Å². The summed E-state index contributed by atoms with van der Waals surface area (Å²) in [6.45, 7) is 0.438. The van der Waals surface area contributed by atoms with Gasteiger partial charge in [-0.25, -0.2) is 13.1 Å². The van der Waals surface area contributed by atoms with Crippen molar-refractivity contribution in [2.75, 3.05) is 36.6 Å². The maximum atomic E-state index is 12.3. The third-order valence-corrected chi connectivity index (χ3v) is 7.17. The lowest BCUT2D eigenvalue weighted by Crippen LogP contribution is -2.33. The van der Waals surface area contributed by atoms with Gasteiger partial charge in [0.1, 0.15) is 10.6 Å².